The molecule has 0 heteroatoms. The van der Waals surface area contributed by atoms with E-state index in [9.17, 15) is 0 Å². The van der Waals surface area contributed by atoms with Crippen molar-refractivity contribution in [2.45, 2.75) is 13.8 Å². The molecule has 0 radical (unpaired) electrons. The highest BCUT2D eigenvalue weighted by atomic mass is 14.0. The van der Waals surface area contributed by atoms with Crippen LogP contribution in [0.5, 0.6) is 0 Å². The molecule has 0 aliphatic rings. The second-order valence-electron chi connectivity index (χ2n) is 6.05. The Hall–Kier alpha value is -2.86. The molecule has 0 N–H and O–H groups in total. The molecule has 0 saturated carbocycles. The van der Waals surface area contributed by atoms with Crippen molar-refractivity contribution in [1.82, 2.24) is 0 Å². The quantitative estimate of drug-likeness (QED) is 0.473. The minimum atomic E-state index is 1.21. The second-order valence-corrected chi connectivity index (χ2v) is 6.05. The summed E-state index contributed by atoms with van der Waals surface area (Å²) in [5.74, 6) is 0. The Balaban J connectivity index is 1.72. The van der Waals surface area contributed by atoms with E-state index < -0.39 is 0 Å². The Kier molecular flexibility index (Phi) is 5.08. The Morgan fingerprint density at radius 1 is 0.458 bits per heavy atom. The Morgan fingerprint density at radius 3 is 1.21 bits per heavy atom. The monoisotopic (exact) mass is 310 g/mol. The summed E-state index contributed by atoms with van der Waals surface area (Å²) in [7, 11) is 0. The smallest absolute Gasteiger partial charge is 0.0227 e. The van der Waals surface area contributed by atoms with Crippen molar-refractivity contribution in [3.8, 4) is 0 Å². The van der Waals surface area contributed by atoms with Gasteiger partial charge in [0.05, 0.1) is 0 Å². The van der Waals surface area contributed by atoms with E-state index >= 15 is 0 Å². The zero-order chi connectivity index (χ0) is 16.8. The molecule has 0 atom stereocenters. The van der Waals surface area contributed by atoms with Crippen LogP contribution in [0.15, 0.2) is 72.8 Å². The highest BCUT2D eigenvalue weighted by Gasteiger charge is 1.94. The topological polar surface area (TPSA) is 0 Å². The van der Waals surface area contributed by atoms with Gasteiger partial charge in [-0.25, -0.2) is 0 Å². The van der Waals surface area contributed by atoms with E-state index in [1.165, 1.54) is 33.4 Å². The molecule has 24 heavy (non-hydrogen) atoms. The summed E-state index contributed by atoms with van der Waals surface area (Å²) in [5, 5.41) is 0. The maximum atomic E-state index is 2.17. The van der Waals surface area contributed by atoms with Crippen LogP contribution in [-0.4, -0.2) is 0 Å². The van der Waals surface area contributed by atoms with Gasteiger partial charge in [0.25, 0.3) is 0 Å². The van der Waals surface area contributed by atoms with Crippen molar-refractivity contribution in [2.75, 3.05) is 0 Å². The number of hydrogen-bond donors (Lipinski definition) is 0. The third-order valence-electron chi connectivity index (χ3n) is 4.22. The fourth-order valence-corrected chi connectivity index (χ4v) is 2.64. The van der Waals surface area contributed by atoms with Crippen LogP contribution < -0.4 is 0 Å². The van der Waals surface area contributed by atoms with Crippen molar-refractivity contribution in [2.24, 2.45) is 0 Å². The van der Waals surface area contributed by atoms with E-state index in [2.05, 4.69) is 111 Å². The van der Waals surface area contributed by atoms with Gasteiger partial charge in [-0.1, -0.05) is 97.1 Å². The first kappa shape index (κ1) is 16.0. The van der Waals surface area contributed by atoms with Crippen molar-refractivity contribution in [1.29, 1.82) is 0 Å². The highest BCUT2D eigenvalue weighted by Crippen LogP contribution is 2.15. The molecule has 0 bridgehead atoms. The largest absolute Gasteiger partial charge is 0.0620 e. The summed E-state index contributed by atoms with van der Waals surface area (Å²) in [5.41, 5.74) is 7.55. The van der Waals surface area contributed by atoms with E-state index in [0.29, 0.717) is 0 Å². The van der Waals surface area contributed by atoms with Gasteiger partial charge in [0.1, 0.15) is 0 Å². The SMILES string of the molecule is Cc1ccccc1/C=C/c1ccc(/C=C/c2ccccc2C)cc1. The summed E-state index contributed by atoms with van der Waals surface area (Å²) in [6, 6.07) is 25.5. The van der Waals surface area contributed by atoms with Gasteiger partial charge in [-0.2, -0.15) is 0 Å². The third-order valence-corrected chi connectivity index (χ3v) is 4.22. The molecule has 0 fully saturated rings. The highest BCUT2D eigenvalue weighted by molar-refractivity contribution is 5.74. The first-order chi connectivity index (χ1) is 11.7. The first-order valence-electron chi connectivity index (χ1n) is 8.30. The lowest BCUT2D eigenvalue weighted by atomic mass is 10.0. The predicted octanol–water partition coefficient (Wildman–Crippen LogP) is 6.64. The fourth-order valence-electron chi connectivity index (χ4n) is 2.64. The molecule has 0 unspecified atom stereocenters. The fraction of sp³-hybridized carbons (Fsp3) is 0.0833. The van der Waals surface area contributed by atoms with Crippen LogP contribution in [0.1, 0.15) is 33.4 Å². The van der Waals surface area contributed by atoms with Crippen LogP contribution in [0.2, 0.25) is 0 Å². The molecule has 0 amide bonds. The molecule has 3 aromatic carbocycles. The van der Waals surface area contributed by atoms with Gasteiger partial charge in [0, 0.05) is 0 Å². The van der Waals surface area contributed by atoms with Gasteiger partial charge in [-0.05, 0) is 47.2 Å². The summed E-state index contributed by atoms with van der Waals surface area (Å²) < 4.78 is 0. The summed E-state index contributed by atoms with van der Waals surface area (Å²) in [4.78, 5) is 0. The molecule has 0 aliphatic carbocycles. The lowest BCUT2D eigenvalue weighted by Gasteiger charge is -2.00. The van der Waals surface area contributed by atoms with Crippen LogP contribution in [-0.2, 0) is 0 Å². The van der Waals surface area contributed by atoms with Crippen LogP contribution >= 0.6 is 0 Å². The molecule has 3 rings (SSSR count). The van der Waals surface area contributed by atoms with Crippen LogP contribution in [0.4, 0.5) is 0 Å². The van der Waals surface area contributed by atoms with Crippen molar-refractivity contribution in [3.63, 3.8) is 0 Å². The molecule has 0 spiro atoms. The predicted molar refractivity (Wildman–Crippen MR) is 107 cm³/mol. The van der Waals surface area contributed by atoms with Crippen molar-refractivity contribution in [3.05, 3.63) is 106 Å². The van der Waals surface area contributed by atoms with Gasteiger partial charge in [0.2, 0.25) is 0 Å². The summed E-state index contributed by atoms with van der Waals surface area (Å²) in [6.07, 6.45) is 8.68. The zero-order valence-corrected chi connectivity index (χ0v) is 14.2. The van der Waals surface area contributed by atoms with Gasteiger partial charge in [-0.15, -0.1) is 0 Å². The Labute approximate surface area is 144 Å². The maximum Gasteiger partial charge on any atom is -0.0227 e. The Bertz CT molecular complexity index is 790. The molecule has 0 saturated heterocycles. The van der Waals surface area contributed by atoms with Crippen LogP contribution in [0, 0.1) is 13.8 Å². The lowest BCUT2D eigenvalue weighted by Crippen LogP contribution is -1.80. The summed E-state index contributed by atoms with van der Waals surface area (Å²) in [6.45, 7) is 4.28. The van der Waals surface area contributed by atoms with Gasteiger partial charge < -0.3 is 0 Å². The molecule has 0 heterocycles. The number of aryl methyl sites for hydroxylation is 2. The van der Waals surface area contributed by atoms with Gasteiger partial charge >= 0.3 is 0 Å². The lowest BCUT2D eigenvalue weighted by molar-refractivity contribution is 1.44. The minimum absolute atomic E-state index is 1.21. The standard InChI is InChI=1S/C24H22/c1-19-7-3-5-9-23(19)17-15-21-11-13-22(14-12-21)16-18-24-10-6-4-8-20(24)2/h3-18H,1-2H3/b17-15+,18-16+. The van der Waals surface area contributed by atoms with E-state index in [4.69, 9.17) is 0 Å². The van der Waals surface area contributed by atoms with E-state index in [1.54, 1.807) is 0 Å². The molecular formula is C24H22. The van der Waals surface area contributed by atoms with Crippen LogP contribution in [0.3, 0.4) is 0 Å². The Morgan fingerprint density at radius 2 is 0.833 bits per heavy atom. The maximum absolute atomic E-state index is 2.17. The molecule has 3 aromatic rings. The summed E-state index contributed by atoms with van der Waals surface area (Å²) >= 11 is 0. The molecular weight excluding hydrogens is 288 g/mol. The van der Waals surface area contributed by atoms with E-state index in [1.807, 2.05) is 0 Å². The average Bonchev–Trinajstić information content (AvgIpc) is 2.61. The van der Waals surface area contributed by atoms with Gasteiger partial charge in [-0.3, -0.25) is 0 Å². The number of benzene rings is 3. The molecule has 0 nitrogen and oxygen atoms in total. The second kappa shape index (κ2) is 7.61. The van der Waals surface area contributed by atoms with E-state index in [0.717, 1.165) is 0 Å². The molecule has 0 aliphatic heterocycles. The normalized spacial score (nSPS) is 11.4. The number of hydrogen-bond acceptors (Lipinski definition) is 0. The van der Waals surface area contributed by atoms with E-state index in [-0.39, 0.29) is 0 Å². The molecule has 118 valence electrons. The third kappa shape index (κ3) is 4.11. The minimum Gasteiger partial charge on any atom is -0.0620 e. The van der Waals surface area contributed by atoms with Crippen molar-refractivity contribution >= 4 is 24.3 Å². The van der Waals surface area contributed by atoms with Gasteiger partial charge in [0.15, 0.2) is 0 Å². The molecule has 0 aromatic heterocycles. The number of rotatable bonds is 4. The zero-order valence-electron chi connectivity index (χ0n) is 14.2. The van der Waals surface area contributed by atoms with Crippen molar-refractivity contribution < 1.29 is 0 Å². The first-order valence-corrected chi connectivity index (χ1v) is 8.30. The average molecular weight is 310 g/mol. The van der Waals surface area contributed by atoms with Crippen LogP contribution in [0.25, 0.3) is 24.3 Å².